The third kappa shape index (κ3) is 1.65. The molecule has 0 radical (unpaired) electrons. The highest BCUT2D eigenvalue weighted by atomic mass is 16.2. The largest absolute Gasteiger partial charge is 0.346 e. The van der Waals surface area contributed by atoms with E-state index in [2.05, 4.69) is 5.32 Å². The topological polar surface area (TPSA) is 46.2 Å². The van der Waals surface area contributed by atoms with E-state index in [0.717, 1.165) is 0 Å². The van der Waals surface area contributed by atoms with Gasteiger partial charge in [-0.2, -0.15) is 0 Å². The molecular weight excluding hydrogens is 154 g/mol. The summed E-state index contributed by atoms with van der Waals surface area (Å²) in [7, 11) is 0. The molecule has 1 aliphatic carbocycles. The molecule has 0 aromatic heterocycles. The lowest BCUT2D eigenvalue weighted by molar-refractivity contribution is -0.125. The molecule has 0 saturated heterocycles. The second-order valence-corrected chi connectivity index (χ2v) is 3.69. The lowest BCUT2D eigenvalue weighted by Crippen LogP contribution is -2.40. The molecule has 1 N–H and O–H groups in total. The van der Waals surface area contributed by atoms with Crippen molar-refractivity contribution in [1.82, 2.24) is 5.32 Å². The van der Waals surface area contributed by atoms with Gasteiger partial charge in [0.15, 0.2) is 5.78 Å². The predicted molar refractivity (Wildman–Crippen MR) is 45.6 cm³/mol. The Balaban J connectivity index is 2.63. The van der Waals surface area contributed by atoms with Gasteiger partial charge < -0.3 is 5.32 Å². The third-order valence-corrected chi connectivity index (χ3v) is 2.65. The minimum Gasteiger partial charge on any atom is -0.346 e. The number of hydrogen-bond donors (Lipinski definition) is 1. The van der Waals surface area contributed by atoms with Gasteiger partial charge in [0.2, 0.25) is 5.91 Å². The van der Waals surface area contributed by atoms with E-state index in [-0.39, 0.29) is 23.7 Å². The molecule has 0 aromatic carbocycles. The highest BCUT2D eigenvalue weighted by Crippen LogP contribution is 2.28. The molecule has 0 spiro atoms. The fourth-order valence-electron chi connectivity index (χ4n) is 1.68. The standard InChI is InChI=1S/C9H15NO2/c1-5-4-8(12)9(6(5)2)10-7(3)11/h5-6,9H,4H2,1-3H3,(H,10,11)/t5-,6+,9+/m1/s1. The van der Waals surface area contributed by atoms with Crippen LogP contribution in [0.4, 0.5) is 0 Å². The first-order chi connectivity index (χ1) is 5.52. The van der Waals surface area contributed by atoms with E-state index < -0.39 is 0 Å². The van der Waals surface area contributed by atoms with Gasteiger partial charge in [0, 0.05) is 13.3 Å². The van der Waals surface area contributed by atoms with E-state index in [4.69, 9.17) is 0 Å². The Morgan fingerprint density at radius 1 is 1.50 bits per heavy atom. The molecule has 1 amide bonds. The lowest BCUT2D eigenvalue weighted by Gasteiger charge is -2.16. The maximum atomic E-state index is 11.3. The number of carbonyl (C=O) groups excluding carboxylic acids is 2. The molecule has 0 aliphatic heterocycles. The monoisotopic (exact) mass is 169 g/mol. The highest BCUT2D eigenvalue weighted by Gasteiger charge is 2.37. The second-order valence-electron chi connectivity index (χ2n) is 3.69. The summed E-state index contributed by atoms with van der Waals surface area (Å²) in [6.07, 6.45) is 0.603. The van der Waals surface area contributed by atoms with E-state index in [0.29, 0.717) is 12.3 Å². The number of ketones is 1. The van der Waals surface area contributed by atoms with Gasteiger partial charge >= 0.3 is 0 Å². The SMILES string of the molecule is CC(=O)N[C@@H]1C(=O)C[C@@H](C)[C@@H]1C. The summed E-state index contributed by atoms with van der Waals surface area (Å²) < 4.78 is 0. The first kappa shape index (κ1) is 9.23. The Hall–Kier alpha value is -0.860. The van der Waals surface area contributed by atoms with Gasteiger partial charge in [-0.05, 0) is 11.8 Å². The van der Waals surface area contributed by atoms with Crippen molar-refractivity contribution in [3.8, 4) is 0 Å². The lowest BCUT2D eigenvalue weighted by atomic mass is 9.98. The summed E-state index contributed by atoms with van der Waals surface area (Å²) >= 11 is 0. The van der Waals surface area contributed by atoms with Crippen LogP contribution in [0.3, 0.4) is 0 Å². The van der Waals surface area contributed by atoms with Crippen LogP contribution in [-0.4, -0.2) is 17.7 Å². The van der Waals surface area contributed by atoms with Crippen molar-refractivity contribution in [3.63, 3.8) is 0 Å². The van der Waals surface area contributed by atoms with Gasteiger partial charge in [0.25, 0.3) is 0 Å². The van der Waals surface area contributed by atoms with E-state index in [9.17, 15) is 9.59 Å². The minimum absolute atomic E-state index is 0.116. The van der Waals surface area contributed by atoms with Gasteiger partial charge in [-0.1, -0.05) is 13.8 Å². The third-order valence-electron chi connectivity index (χ3n) is 2.65. The number of hydrogen-bond acceptors (Lipinski definition) is 2. The van der Waals surface area contributed by atoms with E-state index in [1.807, 2.05) is 13.8 Å². The molecule has 1 fully saturated rings. The Bertz CT molecular complexity index is 213. The molecule has 0 bridgehead atoms. The Morgan fingerprint density at radius 2 is 2.08 bits per heavy atom. The predicted octanol–water partition coefficient (Wildman–Crippen LogP) is 0.736. The minimum atomic E-state index is -0.238. The number of amides is 1. The van der Waals surface area contributed by atoms with Crippen molar-refractivity contribution >= 4 is 11.7 Å². The van der Waals surface area contributed by atoms with Crippen LogP contribution >= 0.6 is 0 Å². The average Bonchev–Trinajstić information content (AvgIpc) is 2.16. The van der Waals surface area contributed by atoms with E-state index in [1.165, 1.54) is 6.92 Å². The van der Waals surface area contributed by atoms with Gasteiger partial charge in [-0.15, -0.1) is 0 Å². The molecule has 12 heavy (non-hydrogen) atoms. The number of carbonyl (C=O) groups is 2. The number of rotatable bonds is 1. The second kappa shape index (κ2) is 3.25. The van der Waals surface area contributed by atoms with Crippen LogP contribution < -0.4 is 5.32 Å². The molecule has 0 heterocycles. The van der Waals surface area contributed by atoms with Gasteiger partial charge in [-0.25, -0.2) is 0 Å². The average molecular weight is 169 g/mol. The van der Waals surface area contributed by atoms with Crippen molar-refractivity contribution in [2.45, 2.75) is 33.2 Å². The highest BCUT2D eigenvalue weighted by molar-refractivity contribution is 5.90. The van der Waals surface area contributed by atoms with Crippen molar-refractivity contribution in [3.05, 3.63) is 0 Å². The summed E-state index contributed by atoms with van der Waals surface area (Å²) in [6.45, 7) is 5.50. The van der Waals surface area contributed by atoms with Crippen LogP contribution in [0.1, 0.15) is 27.2 Å². The summed E-state index contributed by atoms with van der Waals surface area (Å²) in [5, 5.41) is 2.68. The maximum absolute atomic E-state index is 11.3. The fourth-order valence-corrected chi connectivity index (χ4v) is 1.68. The molecule has 3 nitrogen and oxygen atoms in total. The molecule has 1 rings (SSSR count). The van der Waals surface area contributed by atoms with Crippen LogP contribution in [0.25, 0.3) is 0 Å². The van der Waals surface area contributed by atoms with Crippen LogP contribution in [0, 0.1) is 11.8 Å². The first-order valence-electron chi connectivity index (χ1n) is 4.32. The van der Waals surface area contributed by atoms with Crippen molar-refractivity contribution in [2.75, 3.05) is 0 Å². The van der Waals surface area contributed by atoms with Crippen molar-refractivity contribution in [1.29, 1.82) is 0 Å². The Kier molecular flexibility index (Phi) is 2.50. The first-order valence-corrected chi connectivity index (χ1v) is 4.32. The fraction of sp³-hybridized carbons (Fsp3) is 0.778. The van der Waals surface area contributed by atoms with Gasteiger partial charge in [0.1, 0.15) is 0 Å². The number of Topliss-reactive ketones (excluding diaryl/α,β-unsaturated/α-hetero) is 1. The van der Waals surface area contributed by atoms with Crippen molar-refractivity contribution < 1.29 is 9.59 Å². The quantitative estimate of drug-likeness (QED) is 0.629. The Labute approximate surface area is 72.5 Å². The van der Waals surface area contributed by atoms with Gasteiger partial charge in [0.05, 0.1) is 6.04 Å². The zero-order valence-corrected chi connectivity index (χ0v) is 7.76. The summed E-state index contributed by atoms with van der Waals surface area (Å²) in [5.41, 5.74) is 0. The van der Waals surface area contributed by atoms with E-state index >= 15 is 0 Å². The molecule has 68 valence electrons. The molecule has 3 heteroatoms. The summed E-state index contributed by atoms with van der Waals surface area (Å²) in [4.78, 5) is 22.1. The molecular formula is C9H15NO2. The zero-order valence-electron chi connectivity index (χ0n) is 7.76. The Morgan fingerprint density at radius 3 is 2.42 bits per heavy atom. The van der Waals surface area contributed by atoms with Crippen LogP contribution in [-0.2, 0) is 9.59 Å². The molecule has 3 atom stereocenters. The molecule has 1 saturated carbocycles. The van der Waals surface area contributed by atoms with Crippen LogP contribution in [0.15, 0.2) is 0 Å². The van der Waals surface area contributed by atoms with E-state index in [1.54, 1.807) is 0 Å². The summed E-state index contributed by atoms with van der Waals surface area (Å²) in [6, 6.07) is -0.238. The van der Waals surface area contributed by atoms with Crippen molar-refractivity contribution in [2.24, 2.45) is 11.8 Å². The maximum Gasteiger partial charge on any atom is 0.217 e. The summed E-state index contributed by atoms with van der Waals surface area (Å²) in [5.74, 6) is 0.732. The van der Waals surface area contributed by atoms with Crippen LogP contribution in [0.2, 0.25) is 0 Å². The molecule has 0 unspecified atom stereocenters. The normalized spacial score (nSPS) is 35.2. The molecule has 0 aromatic rings. The smallest absolute Gasteiger partial charge is 0.217 e. The molecule has 1 aliphatic rings. The zero-order chi connectivity index (χ0) is 9.30. The number of nitrogens with one attached hydrogen (secondary N) is 1. The van der Waals surface area contributed by atoms with Gasteiger partial charge in [-0.3, -0.25) is 9.59 Å². The van der Waals surface area contributed by atoms with Crippen LogP contribution in [0.5, 0.6) is 0 Å².